The van der Waals surface area contributed by atoms with Crippen molar-refractivity contribution in [1.29, 1.82) is 0 Å². The Morgan fingerprint density at radius 3 is 2.26 bits per heavy atom. The summed E-state index contributed by atoms with van der Waals surface area (Å²) in [6.45, 7) is 8.64. The minimum absolute atomic E-state index is 0.00845. The van der Waals surface area contributed by atoms with Crippen LogP contribution in [0.15, 0.2) is 27.4 Å². The fourth-order valence-electron chi connectivity index (χ4n) is 2.07. The fourth-order valence-corrected chi connectivity index (χ4v) is 2.07. The van der Waals surface area contributed by atoms with Crippen molar-refractivity contribution in [3.63, 3.8) is 0 Å². The molecule has 0 aliphatic rings. The number of carbonyl (C=O) groups excluding carboxylic acids is 1. The molecule has 0 fully saturated rings. The van der Waals surface area contributed by atoms with Crippen molar-refractivity contribution < 1.29 is 23.4 Å². The Hall–Kier alpha value is -2.50. The number of hydrogen-bond donors (Lipinski definition) is 0. The Balaban J connectivity index is 2.65. The maximum Gasteiger partial charge on any atom is 0.383 e. The molecule has 0 bridgehead atoms. The van der Waals surface area contributed by atoms with Crippen LogP contribution >= 0.6 is 0 Å². The molecule has 2 rings (SSSR count). The Morgan fingerprint density at radius 1 is 1.04 bits per heavy atom. The zero-order chi connectivity index (χ0) is 17.1. The topological polar surface area (TPSA) is 75.0 Å². The van der Waals surface area contributed by atoms with Crippen molar-refractivity contribution in [3.05, 3.63) is 28.6 Å². The first kappa shape index (κ1) is 16.9. The van der Waals surface area contributed by atoms with Crippen LogP contribution in [-0.4, -0.2) is 18.2 Å². The SMILES string of the molecule is CC(=O)Oc1c(OC(C)C)c2ccc(OC(C)C)cc2oc1=O. The molecular weight excluding hydrogens is 300 g/mol. The zero-order valence-corrected chi connectivity index (χ0v) is 13.8. The van der Waals surface area contributed by atoms with E-state index in [9.17, 15) is 9.59 Å². The number of fused-ring (bicyclic) bond motifs is 1. The largest absolute Gasteiger partial charge is 0.491 e. The van der Waals surface area contributed by atoms with Crippen LogP contribution in [0.3, 0.4) is 0 Å². The van der Waals surface area contributed by atoms with Crippen LogP contribution in [0.1, 0.15) is 34.6 Å². The summed E-state index contributed by atoms with van der Waals surface area (Å²) in [4.78, 5) is 23.4. The Labute approximate surface area is 134 Å². The quantitative estimate of drug-likeness (QED) is 0.621. The lowest BCUT2D eigenvalue weighted by Gasteiger charge is -2.15. The second-order valence-corrected chi connectivity index (χ2v) is 5.63. The van der Waals surface area contributed by atoms with Crippen molar-refractivity contribution in [2.45, 2.75) is 46.8 Å². The van der Waals surface area contributed by atoms with E-state index in [0.717, 1.165) is 0 Å². The van der Waals surface area contributed by atoms with Crippen molar-refractivity contribution in [2.75, 3.05) is 0 Å². The summed E-state index contributed by atoms with van der Waals surface area (Å²) >= 11 is 0. The Morgan fingerprint density at radius 2 is 1.70 bits per heavy atom. The van der Waals surface area contributed by atoms with Gasteiger partial charge in [0.15, 0.2) is 5.75 Å². The summed E-state index contributed by atoms with van der Waals surface area (Å²) in [6, 6.07) is 5.06. The van der Waals surface area contributed by atoms with Gasteiger partial charge in [-0.1, -0.05) is 0 Å². The van der Waals surface area contributed by atoms with Gasteiger partial charge in [-0.25, -0.2) is 4.79 Å². The van der Waals surface area contributed by atoms with E-state index in [0.29, 0.717) is 16.7 Å². The number of hydrogen-bond acceptors (Lipinski definition) is 6. The summed E-state index contributed by atoms with van der Waals surface area (Å²) in [7, 11) is 0. The fraction of sp³-hybridized carbons (Fsp3) is 0.412. The predicted octanol–water partition coefficient (Wildman–Crippen LogP) is 3.29. The van der Waals surface area contributed by atoms with Crippen LogP contribution in [0.4, 0.5) is 0 Å². The molecule has 0 aliphatic heterocycles. The molecule has 0 spiro atoms. The van der Waals surface area contributed by atoms with Crippen LogP contribution < -0.4 is 19.8 Å². The van der Waals surface area contributed by atoms with Gasteiger partial charge in [-0.05, 0) is 39.8 Å². The smallest absolute Gasteiger partial charge is 0.383 e. The van der Waals surface area contributed by atoms with Gasteiger partial charge in [0.05, 0.1) is 17.6 Å². The molecule has 0 N–H and O–H groups in total. The number of carbonyl (C=O) groups is 1. The molecule has 1 aromatic heterocycles. The van der Waals surface area contributed by atoms with Gasteiger partial charge in [0.2, 0.25) is 0 Å². The molecule has 6 nitrogen and oxygen atoms in total. The minimum Gasteiger partial charge on any atom is -0.491 e. The maximum absolute atomic E-state index is 12.1. The second kappa shape index (κ2) is 6.73. The van der Waals surface area contributed by atoms with Crippen molar-refractivity contribution in [2.24, 2.45) is 0 Å². The van der Waals surface area contributed by atoms with E-state index in [2.05, 4.69) is 0 Å². The average molecular weight is 320 g/mol. The van der Waals surface area contributed by atoms with E-state index in [1.807, 2.05) is 27.7 Å². The van der Waals surface area contributed by atoms with Crippen LogP contribution in [0.5, 0.6) is 17.2 Å². The highest BCUT2D eigenvalue weighted by Gasteiger charge is 2.20. The molecular formula is C17H20O6. The van der Waals surface area contributed by atoms with Gasteiger partial charge in [-0.3, -0.25) is 4.79 Å². The molecule has 0 radical (unpaired) electrons. The number of ether oxygens (including phenoxy) is 3. The molecule has 0 unspecified atom stereocenters. The summed E-state index contributed by atoms with van der Waals surface area (Å²) in [5, 5.41) is 0.533. The summed E-state index contributed by atoms with van der Waals surface area (Å²) in [5.74, 6) is -0.0924. The maximum atomic E-state index is 12.1. The molecule has 1 heterocycles. The van der Waals surface area contributed by atoms with E-state index < -0.39 is 11.6 Å². The lowest BCUT2D eigenvalue weighted by Crippen LogP contribution is -2.16. The molecule has 0 saturated heterocycles. The van der Waals surface area contributed by atoms with Gasteiger partial charge < -0.3 is 18.6 Å². The van der Waals surface area contributed by atoms with Crippen LogP contribution in [0, 0.1) is 0 Å². The first-order valence-electron chi connectivity index (χ1n) is 7.40. The lowest BCUT2D eigenvalue weighted by atomic mass is 10.2. The first-order chi connectivity index (χ1) is 10.8. The Bertz CT molecular complexity index is 772. The van der Waals surface area contributed by atoms with E-state index in [1.54, 1.807) is 18.2 Å². The molecule has 124 valence electrons. The summed E-state index contributed by atoms with van der Waals surface area (Å²) in [5.41, 5.74) is -0.468. The van der Waals surface area contributed by atoms with Gasteiger partial charge in [0.25, 0.3) is 5.75 Å². The third kappa shape index (κ3) is 4.03. The van der Waals surface area contributed by atoms with Crippen LogP contribution in [-0.2, 0) is 4.79 Å². The molecule has 0 saturated carbocycles. The molecule has 0 atom stereocenters. The van der Waals surface area contributed by atoms with E-state index >= 15 is 0 Å². The van der Waals surface area contributed by atoms with Gasteiger partial charge >= 0.3 is 11.6 Å². The third-order valence-electron chi connectivity index (χ3n) is 2.76. The average Bonchev–Trinajstić information content (AvgIpc) is 2.41. The van der Waals surface area contributed by atoms with Crippen molar-refractivity contribution in [3.8, 4) is 17.2 Å². The van der Waals surface area contributed by atoms with Gasteiger partial charge in [0, 0.05) is 13.0 Å². The highest BCUT2D eigenvalue weighted by molar-refractivity contribution is 5.87. The third-order valence-corrected chi connectivity index (χ3v) is 2.76. The lowest BCUT2D eigenvalue weighted by molar-refractivity contribution is -0.132. The zero-order valence-electron chi connectivity index (χ0n) is 13.8. The van der Waals surface area contributed by atoms with Gasteiger partial charge in [-0.15, -0.1) is 0 Å². The summed E-state index contributed by atoms with van der Waals surface area (Å²) in [6.07, 6.45) is -0.216. The van der Waals surface area contributed by atoms with Crippen LogP contribution in [0.2, 0.25) is 0 Å². The molecule has 6 heteroatoms. The van der Waals surface area contributed by atoms with Gasteiger partial charge in [-0.2, -0.15) is 0 Å². The predicted molar refractivity (Wildman–Crippen MR) is 85.3 cm³/mol. The molecule has 0 amide bonds. The standard InChI is InChI=1S/C17H20O6/c1-9(2)20-12-6-7-13-14(8-12)23-17(19)16(22-11(5)18)15(13)21-10(3)4/h6-10H,1-5H3. The molecule has 23 heavy (non-hydrogen) atoms. The first-order valence-corrected chi connectivity index (χ1v) is 7.40. The molecule has 2 aromatic rings. The highest BCUT2D eigenvalue weighted by atomic mass is 16.6. The number of esters is 1. The number of benzene rings is 1. The Kier molecular flexibility index (Phi) is 4.93. The van der Waals surface area contributed by atoms with Crippen molar-refractivity contribution in [1.82, 2.24) is 0 Å². The summed E-state index contributed by atoms with van der Waals surface area (Å²) < 4.78 is 21.5. The van der Waals surface area contributed by atoms with Gasteiger partial charge in [0.1, 0.15) is 11.3 Å². The molecule has 1 aromatic carbocycles. The van der Waals surface area contributed by atoms with E-state index in [4.69, 9.17) is 18.6 Å². The van der Waals surface area contributed by atoms with E-state index in [-0.39, 0.29) is 23.7 Å². The van der Waals surface area contributed by atoms with Crippen molar-refractivity contribution >= 4 is 16.9 Å². The number of rotatable bonds is 5. The molecule has 0 aliphatic carbocycles. The minimum atomic E-state index is -0.773. The second-order valence-electron chi connectivity index (χ2n) is 5.63. The normalized spacial score (nSPS) is 11.1. The van der Waals surface area contributed by atoms with E-state index in [1.165, 1.54) is 6.92 Å². The monoisotopic (exact) mass is 320 g/mol. The highest BCUT2D eigenvalue weighted by Crippen LogP contribution is 2.35. The van der Waals surface area contributed by atoms with Crippen LogP contribution in [0.25, 0.3) is 11.0 Å².